The Balaban J connectivity index is 2.10. The van der Waals surface area contributed by atoms with Gasteiger partial charge in [0.15, 0.2) is 0 Å². The van der Waals surface area contributed by atoms with Crippen LogP contribution >= 0.6 is 0 Å². The van der Waals surface area contributed by atoms with Gasteiger partial charge in [0.1, 0.15) is 0 Å². The van der Waals surface area contributed by atoms with Crippen molar-refractivity contribution in [3.8, 4) is 0 Å². The Morgan fingerprint density at radius 3 is 2.67 bits per heavy atom. The molecule has 1 fully saturated rings. The average Bonchev–Trinajstić information content (AvgIpc) is 2.57. The van der Waals surface area contributed by atoms with E-state index in [0.717, 1.165) is 6.42 Å². The smallest absolute Gasteiger partial charge is 0.0412 e. The molecule has 1 aromatic carbocycles. The van der Waals surface area contributed by atoms with Crippen molar-refractivity contribution in [3.05, 3.63) is 29.3 Å². The first-order chi connectivity index (χ1) is 7.16. The molecule has 0 aliphatic heterocycles. The van der Waals surface area contributed by atoms with Gasteiger partial charge in [0, 0.05) is 17.8 Å². The van der Waals surface area contributed by atoms with Crippen LogP contribution in [0.15, 0.2) is 18.2 Å². The van der Waals surface area contributed by atoms with Crippen LogP contribution < -0.4 is 11.1 Å². The fourth-order valence-electron chi connectivity index (χ4n) is 2.34. The number of benzene rings is 1. The molecule has 82 valence electrons. The van der Waals surface area contributed by atoms with Gasteiger partial charge in [-0.15, -0.1) is 0 Å². The fraction of sp³-hybridized carbons (Fsp3) is 0.538. The maximum absolute atomic E-state index is 6.04. The molecule has 2 heteroatoms. The summed E-state index contributed by atoms with van der Waals surface area (Å²) >= 11 is 0. The minimum atomic E-state index is 0.325. The van der Waals surface area contributed by atoms with Crippen molar-refractivity contribution in [2.24, 2.45) is 5.73 Å². The molecule has 2 nitrogen and oxygen atoms in total. The van der Waals surface area contributed by atoms with Crippen LogP contribution in [0.25, 0.3) is 0 Å². The first kappa shape index (κ1) is 10.5. The van der Waals surface area contributed by atoms with Gasteiger partial charge < -0.3 is 11.1 Å². The zero-order chi connectivity index (χ0) is 10.8. The molecule has 0 amide bonds. The molecule has 2 atom stereocenters. The van der Waals surface area contributed by atoms with Crippen molar-refractivity contribution in [2.45, 2.75) is 45.2 Å². The SMILES string of the molecule is Cc1ccc(N[C@H]2CCC[C@H]2N)c(C)c1. The van der Waals surface area contributed by atoms with Crippen molar-refractivity contribution < 1.29 is 0 Å². The minimum absolute atomic E-state index is 0.325. The topological polar surface area (TPSA) is 38.0 Å². The van der Waals surface area contributed by atoms with E-state index in [2.05, 4.69) is 37.4 Å². The van der Waals surface area contributed by atoms with Crippen molar-refractivity contribution in [1.29, 1.82) is 0 Å². The summed E-state index contributed by atoms with van der Waals surface area (Å²) in [4.78, 5) is 0. The third kappa shape index (κ3) is 2.32. The number of hydrogen-bond donors (Lipinski definition) is 2. The Morgan fingerprint density at radius 2 is 2.07 bits per heavy atom. The monoisotopic (exact) mass is 204 g/mol. The largest absolute Gasteiger partial charge is 0.381 e. The number of nitrogens with two attached hydrogens (primary N) is 1. The summed E-state index contributed by atoms with van der Waals surface area (Å²) in [6.07, 6.45) is 3.61. The Hall–Kier alpha value is -1.02. The van der Waals surface area contributed by atoms with Gasteiger partial charge >= 0.3 is 0 Å². The van der Waals surface area contributed by atoms with Gasteiger partial charge in [-0.2, -0.15) is 0 Å². The maximum Gasteiger partial charge on any atom is 0.0412 e. The van der Waals surface area contributed by atoms with E-state index < -0.39 is 0 Å². The Bertz CT molecular complexity index is 346. The third-order valence-corrected chi connectivity index (χ3v) is 3.29. The Labute approximate surface area is 91.9 Å². The lowest BCUT2D eigenvalue weighted by atomic mass is 10.1. The standard InChI is InChI=1S/C13H20N2/c1-9-6-7-12(10(2)8-9)15-13-5-3-4-11(13)14/h6-8,11,13,15H,3-5,14H2,1-2H3/t11-,13+/m1/s1. The van der Waals surface area contributed by atoms with Crippen LogP contribution in [0.2, 0.25) is 0 Å². The van der Waals surface area contributed by atoms with E-state index in [-0.39, 0.29) is 0 Å². The summed E-state index contributed by atoms with van der Waals surface area (Å²) in [7, 11) is 0. The molecule has 0 bridgehead atoms. The summed E-state index contributed by atoms with van der Waals surface area (Å²) in [6.45, 7) is 4.27. The molecule has 3 N–H and O–H groups in total. The van der Waals surface area contributed by atoms with E-state index in [9.17, 15) is 0 Å². The number of rotatable bonds is 2. The highest BCUT2D eigenvalue weighted by molar-refractivity contribution is 5.52. The van der Waals surface area contributed by atoms with Crippen LogP contribution in [0.4, 0.5) is 5.69 Å². The van der Waals surface area contributed by atoms with Crippen molar-refractivity contribution in [1.82, 2.24) is 0 Å². The highest BCUT2D eigenvalue weighted by Gasteiger charge is 2.23. The summed E-state index contributed by atoms with van der Waals surface area (Å²) < 4.78 is 0. The molecule has 0 radical (unpaired) electrons. The van der Waals surface area contributed by atoms with Crippen LogP contribution in [0.5, 0.6) is 0 Å². The molecule has 1 aliphatic carbocycles. The fourth-order valence-corrected chi connectivity index (χ4v) is 2.34. The van der Waals surface area contributed by atoms with E-state index in [1.165, 1.54) is 29.7 Å². The Morgan fingerprint density at radius 1 is 1.27 bits per heavy atom. The van der Waals surface area contributed by atoms with Crippen LogP contribution in [-0.2, 0) is 0 Å². The van der Waals surface area contributed by atoms with E-state index in [1.807, 2.05) is 0 Å². The molecular formula is C13H20N2. The van der Waals surface area contributed by atoms with Crippen molar-refractivity contribution in [2.75, 3.05) is 5.32 Å². The molecule has 15 heavy (non-hydrogen) atoms. The molecule has 0 saturated heterocycles. The molecule has 1 saturated carbocycles. The number of anilines is 1. The second-order valence-electron chi connectivity index (χ2n) is 4.66. The molecule has 0 heterocycles. The van der Waals surface area contributed by atoms with Gasteiger partial charge in [-0.25, -0.2) is 0 Å². The quantitative estimate of drug-likeness (QED) is 0.777. The van der Waals surface area contributed by atoms with Crippen LogP contribution in [-0.4, -0.2) is 12.1 Å². The Kier molecular flexibility index (Phi) is 2.96. The molecular weight excluding hydrogens is 184 g/mol. The first-order valence-electron chi connectivity index (χ1n) is 5.76. The lowest BCUT2D eigenvalue weighted by Crippen LogP contribution is -2.35. The van der Waals surface area contributed by atoms with Crippen molar-refractivity contribution >= 4 is 5.69 Å². The highest BCUT2D eigenvalue weighted by atomic mass is 15.0. The number of hydrogen-bond acceptors (Lipinski definition) is 2. The molecule has 1 aliphatic rings. The first-order valence-corrected chi connectivity index (χ1v) is 5.76. The zero-order valence-corrected chi connectivity index (χ0v) is 9.59. The maximum atomic E-state index is 6.04. The van der Waals surface area contributed by atoms with Crippen LogP contribution in [0.3, 0.4) is 0 Å². The molecule has 2 rings (SSSR count). The van der Waals surface area contributed by atoms with Crippen LogP contribution in [0, 0.1) is 13.8 Å². The van der Waals surface area contributed by atoms with Gasteiger partial charge in [0.05, 0.1) is 0 Å². The van der Waals surface area contributed by atoms with E-state index in [1.54, 1.807) is 0 Å². The predicted octanol–water partition coefficient (Wildman–Crippen LogP) is 2.60. The normalized spacial score (nSPS) is 25.5. The second-order valence-corrected chi connectivity index (χ2v) is 4.66. The van der Waals surface area contributed by atoms with Crippen molar-refractivity contribution in [3.63, 3.8) is 0 Å². The zero-order valence-electron chi connectivity index (χ0n) is 9.59. The second kappa shape index (κ2) is 4.23. The van der Waals surface area contributed by atoms with E-state index in [0.29, 0.717) is 12.1 Å². The highest BCUT2D eigenvalue weighted by Crippen LogP contribution is 2.24. The summed E-state index contributed by atoms with van der Waals surface area (Å²) in [5.74, 6) is 0. The molecule has 1 aromatic rings. The summed E-state index contributed by atoms with van der Waals surface area (Å²) in [6, 6.07) is 7.31. The van der Waals surface area contributed by atoms with Gasteiger partial charge in [0.2, 0.25) is 0 Å². The summed E-state index contributed by atoms with van der Waals surface area (Å²) in [5, 5.41) is 3.56. The van der Waals surface area contributed by atoms with Crippen LogP contribution in [0.1, 0.15) is 30.4 Å². The third-order valence-electron chi connectivity index (χ3n) is 3.29. The molecule has 0 spiro atoms. The van der Waals surface area contributed by atoms with Gasteiger partial charge in [0.25, 0.3) is 0 Å². The predicted molar refractivity (Wildman–Crippen MR) is 65.2 cm³/mol. The minimum Gasteiger partial charge on any atom is -0.381 e. The summed E-state index contributed by atoms with van der Waals surface area (Å²) in [5.41, 5.74) is 9.91. The average molecular weight is 204 g/mol. The molecule has 0 unspecified atom stereocenters. The van der Waals surface area contributed by atoms with E-state index >= 15 is 0 Å². The lowest BCUT2D eigenvalue weighted by molar-refractivity contribution is 0.637. The van der Waals surface area contributed by atoms with E-state index in [4.69, 9.17) is 5.73 Å². The molecule has 0 aromatic heterocycles. The number of aryl methyl sites for hydroxylation is 2. The number of nitrogens with one attached hydrogen (secondary N) is 1. The van der Waals surface area contributed by atoms with Gasteiger partial charge in [-0.1, -0.05) is 17.7 Å². The van der Waals surface area contributed by atoms with Gasteiger partial charge in [-0.05, 0) is 44.7 Å². The van der Waals surface area contributed by atoms with Gasteiger partial charge in [-0.3, -0.25) is 0 Å². The lowest BCUT2D eigenvalue weighted by Gasteiger charge is -2.20.